The molecule has 2 aliphatic rings. The van der Waals surface area contributed by atoms with Crippen molar-refractivity contribution in [2.45, 2.75) is 56.3 Å². The summed E-state index contributed by atoms with van der Waals surface area (Å²) < 4.78 is 31.2. The average Bonchev–Trinajstić information content (AvgIpc) is 3.31. The number of rotatable bonds is 3. The number of hydrogen-bond donors (Lipinski definition) is 3. The number of allylic oxidation sites excluding steroid dienone is 1. The van der Waals surface area contributed by atoms with Crippen molar-refractivity contribution < 1.29 is 18.5 Å². The van der Waals surface area contributed by atoms with E-state index >= 15 is 0 Å². The van der Waals surface area contributed by atoms with Crippen LogP contribution in [0.1, 0.15) is 53.0 Å². The quantitative estimate of drug-likeness (QED) is 0.646. The molecule has 6 nitrogen and oxygen atoms in total. The van der Waals surface area contributed by atoms with E-state index in [9.17, 15) is 18.5 Å². The Morgan fingerprint density at radius 1 is 1.37 bits per heavy atom. The minimum absolute atomic E-state index is 0.0140. The van der Waals surface area contributed by atoms with Crippen molar-refractivity contribution in [3.8, 4) is 0 Å². The highest BCUT2D eigenvalue weighted by Crippen LogP contribution is 2.39. The summed E-state index contributed by atoms with van der Waals surface area (Å²) in [5, 5.41) is 18.8. The van der Waals surface area contributed by atoms with Crippen LogP contribution in [0.25, 0.3) is 6.08 Å². The Hall–Kier alpha value is -2.07. The molecule has 0 spiro atoms. The molecule has 1 unspecified atom stereocenters. The first-order valence-corrected chi connectivity index (χ1v) is 12.1. The van der Waals surface area contributed by atoms with Gasteiger partial charge in [0.15, 0.2) is 19.9 Å². The smallest absolute Gasteiger partial charge is 0.354 e. The van der Waals surface area contributed by atoms with Crippen LogP contribution in [-0.2, 0) is 34.8 Å². The van der Waals surface area contributed by atoms with Crippen LogP contribution in [0.2, 0.25) is 0 Å². The molecule has 4 N–H and O–H groups in total. The fourth-order valence-electron chi connectivity index (χ4n) is 4.30. The number of amides is 2. The summed E-state index contributed by atoms with van der Waals surface area (Å²) in [7, 11) is -3.82. The fourth-order valence-corrected chi connectivity index (χ4v) is 6.91. The Kier molecular flexibility index (Phi) is 5.13. The normalized spacial score (nSPS) is 16.9. The average molecular weight is 450 g/mol. The molecule has 0 aliphatic heterocycles. The molecule has 0 saturated heterocycles. The van der Waals surface area contributed by atoms with Gasteiger partial charge in [-0.2, -0.15) is 0 Å². The van der Waals surface area contributed by atoms with E-state index in [0.717, 1.165) is 53.7 Å². The van der Waals surface area contributed by atoms with Crippen molar-refractivity contribution in [2.75, 3.05) is 5.32 Å². The van der Waals surface area contributed by atoms with Gasteiger partial charge in [-0.05, 0) is 63.1 Å². The topological polar surface area (TPSA) is 105 Å². The number of hydrogen-bond acceptors (Lipinski definition) is 4. The van der Waals surface area contributed by atoms with E-state index in [1.165, 1.54) is 19.4 Å². The Morgan fingerprint density at radius 2 is 2.10 bits per heavy atom. The highest BCUT2D eigenvalue weighted by molar-refractivity contribution is 7.93. The molecule has 1 heterocycles. The zero-order valence-corrected chi connectivity index (χ0v) is 18.7. The maximum absolute atomic E-state index is 14.9. The molecule has 0 bridgehead atoms. The molecule has 2 amide bonds. The van der Waals surface area contributed by atoms with E-state index in [-0.39, 0.29) is 9.77 Å². The van der Waals surface area contributed by atoms with E-state index < -0.39 is 27.4 Å². The first-order valence-electron chi connectivity index (χ1n) is 9.71. The summed E-state index contributed by atoms with van der Waals surface area (Å²) in [6, 6.07) is 1.30. The lowest BCUT2D eigenvalue weighted by Gasteiger charge is -2.17. The number of benzene rings is 1. The van der Waals surface area contributed by atoms with E-state index in [2.05, 4.69) is 15.7 Å². The van der Waals surface area contributed by atoms with Crippen LogP contribution < -0.4 is 10.5 Å². The molecule has 0 saturated carbocycles. The number of nitrogens with zero attached hydrogens (tertiary/aromatic N) is 1. The zero-order valence-electron chi connectivity index (χ0n) is 17.0. The predicted octanol–water partition coefficient (Wildman–Crippen LogP) is 4.41. The second kappa shape index (κ2) is 7.26. The summed E-state index contributed by atoms with van der Waals surface area (Å²) in [5.41, 5.74) is 3.56. The van der Waals surface area contributed by atoms with Gasteiger partial charge in [0, 0.05) is 16.0 Å². The maximum atomic E-state index is 14.9. The molecule has 9 heteroatoms. The number of aliphatic hydroxyl groups is 1. The van der Waals surface area contributed by atoms with Gasteiger partial charge in [-0.25, -0.2) is 18.5 Å². The number of carbonyl (C=O) groups is 1. The number of thiophene rings is 1. The molecule has 0 radical (unpaired) electrons. The highest BCUT2D eigenvalue weighted by atomic mass is 32.2. The SMILES string of the molecule is Cc1sc(S(N)(=O)=NC(=O)Nc2c3c(cc4c2CCC4)CC=C3)c(F)c1C(C)(C)O. The summed E-state index contributed by atoms with van der Waals surface area (Å²) in [6.07, 6.45) is 7.60. The molecule has 160 valence electrons. The first kappa shape index (κ1) is 21.2. The number of fused-ring (bicyclic) bond motifs is 2. The third-order valence-corrected chi connectivity index (χ3v) is 8.46. The van der Waals surface area contributed by atoms with Gasteiger partial charge in [0.25, 0.3) is 0 Å². The second-order valence-corrected chi connectivity index (χ2v) is 11.4. The van der Waals surface area contributed by atoms with Crippen molar-refractivity contribution in [3.63, 3.8) is 0 Å². The van der Waals surface area contributed by atoms with Gasteiger partial charge in [0.1, 0.15) is 0 Å². The van der Waals surface area contributed by atoms with Gasteiger partial charge in [-0.3, -0.25) is 0 Å². The standard InChI is InChI=1S/C21H24FN3O3S2/c1-11-16(21(2,3)27)17(22)19(29-11)30(23,28)25-20(26)24-18-14-8-4-6-12(14)10-13-7-5-9-15(13)18/h4,8,10,27H,5-7,9H2,1-3H3,(H3,23,24,25,26,28). The summed E-state index contributed by atoms with van der Waals surface area (Å²) in [4.78, 5) is 13.1. The minimum Gasteiger partial charge on any atom is -0.386 e. The third kappa shape index (κ3) is 3.60. The van der Waals surface area contributed by atoms with Crippen LogP contribution in [0.3, 0.4) is 0 Å². The lowest BCUT2D eigenvalue weighted by Crippen LogP contribution is -2.20. The molecule has 0 fully saturated rings. The molecule has 1 atom stereocenters. The molecule has 1 aromatic heterocycles. The van der Waals surface area contributed by atoms with Crippen molar-refractivity contribution in [1.82, 2.24) is 0 Å². The van der Waals surface area contributed by atoms with Crippen LogP contribution in [0.5, 0.6) is 0 Å². The van der Waals surface area contributed by atoms with Crippen LogP contribution in [0.4, 0.5) is 14.9 Å². The van der Waals surface area contributed by atoms with Crippen LogP contribution in [-0.4, -0.2) is 15.3 Å². The highest BCUT2D eigenvalue weighted by Gasteiger charge is 2.31. The lowest BCUT2D eigenvalue weighted by molar-refractivity contribution is 0.0742. The van der Waals surface area contributed by atoms with E-state index in [1.807, 2.05) is 12.2 Å². The summed E-state index contributed by atoms with van der Waals surface area (Å²) in [6.45, 7) is 4.46. The van der Waals surface area contributed by atoms with Crippen LogP contribution in [0, 0.1) is 12.7 Å². The number of carbonyl (C=O) groups excluding carboxylic acids is 1. The lowest BCUT2D eigenvalue weighted by atomic mass is 9.98. The van der Waals surface area contributed by atoms with Gasteiger partial charge in [-0.15, -0.1) is 15.7 Å². The molecule has 2 aliphatic carbocycles. The Balaban J connectivity index is 1.72. The number of aryl methyl sites for hydroxylation is 2. The molecular formula is C21H24FN3O3S2. The van der Waals surface area contributed by atoms with Crippen molar-refractivity contribution >= 4 is 39.0 Å². The number of nitrogens with one attached hydrogen (secondary N) is 1. The number of urea groups is 1. The van der Waals surface area contributed by atoms with Crippen LogP contribution in [0.15, 0.2) is 20.7 Å². The number of nitrogens with two attached hydrogens (primary N) is 1. The van der Waals surface area contributed by atoms with E-state index in [1.54, 1.807) is 6.92 Å². The molecule has 4 rings (SSSR count). The number of halogens is 1. The molecule has 1 aromatic carbocycles. The summed E-state index contributed by atoms with van der Waals surface area (Å²) in [5.74, 6) is -0.876. The molecule has 2 aromatic rings. The van der Waals surface area contributed by atoms with Crippen molar-refractivity contribution in [3.05, 3.63) is 50.7 Å². The van der Waals surface area contributed by atoms with E-state index in [4.69, 9.17) is 5.14 Å². The van der Waals surface area contributed by atoms with Gasteiger partial charge in [0.2, 0.25) is 0 Å². The Morgan fingerprint density at radius 3 is 2.77 bits per heavy atom. The monoisotopic (exact) mass is 449 g/mol. The predicted molar refractivity (Wildman–Crippen MR) is 118 cm³/mol. The van der Waals surface area contributed by atoms with Gasteiger partial charge in [-0.1, -0.05) is 18.2 Å². The van der Waals surface area contributed by atoms with Crippen molar-refractivity contribution in [1.29, 1.82) is 0 Å². The molecule has 30 heavy (non-hydrogen) atoms. The first-order chi connectivity index (χ1) is 14.0. The van der Waals surface area contributed by atoms with Gasteiger partial charge >= 0.3 is 6.03 Å². The van der Waals surface area contributed by atoms with Crippen LogP contribution >= 0.6 is 11.3 Å². The molecular weight excluding hydrogens is 425 g/mol. The Labute approximate surface area is 179 Å². The van der Waals surface area contributed by atoms with Gasteiger partial charge < -0.3 is 10.4 Å². The van der Waals surface area contributed by atoms with E-state index in [0.29, 0.717) is 10.6 Å². The van der Waals surface area contributed by atoms with Crippen molar-refractivity contribution in [2.24, 2.45) is 9.50 Å². The number of anilines is 1. The summed E-state index contributed by atoms with van der Waals surface area (Å²) >= 11 is 0.843. The largest absolute Gasteiger partial charge is 0.386 e. The maximum Gasteiger partial charge on any atom is 0.354 e. The van der Waals surface area contributed by atoms with Gasteiger partial charge in [0.05, 0.1) is 11.3 Å². The Bertz CT molecular complexity index is 1210. The fraction of sp³-hybridized carbons (Fsp3) is 0.381. The second-order valence-electron chi connectivity index (χ2n) is 8.21. The minimum atomic E-state index is -3.82. The zero-order chi connectivity index (χ0) is 21.8. The third-order valence-electron chi connectivity index (χ3n) is 5.47.